The molecular weight excluding hydrogens is 216 g/mol. The lowest BCUT2D eigenvalue weighted by molar-refractivity contribution is 0.0863. The normalized spacial score (nSPS) is 21.5. The van der Waals surface area contributed by atoms with Gasteiger partial charge in [0.05, 0.1) is 12.7 Å². The highest BCUT2D eigenvalue weighted by Crippen LogP contribution is 2.23. The maximum Gasteiger partial charge on any atom is 0.502 e. The molecule has 90 valence electrons. The zero-order valence-corrected chi connectivity index (χ0v) is 10.6. The van der Waals surface area contributed by atoms with Crippen LogP contribution in [0.2, 0.25) is 6.04 Å². The van der Waals surface area contributed by atoms with Crippen LogP contribution in [0, 0.1) is 0 Å². The maximum atomic E-state index is 9.59. The fourth-order valence-corrected chi connectivity index (χ4v) is 2.94. The lowest BCUT2D eigenvalue weighted by atomic mass is 10.3. The zero-order valence-electron chi connectivity index (χ0n) is 9.56. The van der Waals surface area contributed by atoms with Crippen LogP contribution in [0.4, 0.5) is 0 Å². The van der Waals surface area contributed by atoms with E-state index in [0.29, 0.717) is 12.7 Å². The van der Waals surface area contributed by atoms with E-state index >= 15 is 0 Å². The van der Waals surface area contributed by atoms with Crippen molar-refractivity contribution in [2.75, 3.05) is 27.9 Å². The summed E-state index contributed by atoms with van der Waals surface area (Å²) in [7, 11) is 1.95. The Morgan fingerprint density at radius 3 is 2.00 bits per heavy atom. The Labute approximate surface area is 92.0 Å². The van der Waals surface area contributed by atoms with Gasteiger partial charge in [0.15, 0.2) is 0 Å². The van der Waals surface area contributed by atoms with E-state index < -0.39 is 14.9 Å². The van der Waals surface area contributed by atoms with Crippen LogP contribution in [0.3, 0.4) is 0 Å². The topological polar surface area (TPSA) is 60.5 Å². The first kappa shape index (κ1) is 14.8. The van der Waals surface area contributed by atoms with Gasteiger partial charge in [-0.05, 0) is 0 Å². The molecule has 0 amide bonds. The largest absolute Gasteiger partial charge is 0.502 e. The van der Waals surface area contributed by atoms with E-state index in [4.69, 9.17) is 18.0 Å². The smallest absolute Gasteiger partial charge is 0.390 e. The Kier molecular flexibility index (Phi) is 6.99. The molecule has 0 saturated carbocycles. The molecule has 0 aromatic carbocycles. The van der Waals surface area contributed by atoms with Gasteiger partial charge in [-0.25, -0.2) is 0 Å². The average molecular weight is 236 g/mol. The molecule has 0 aromatic rings. The third-order valence-electron chi connectivity index (χ3n) is 2.18. The molecule has 5 nitrogen and oxygen atoms in total. The van der Waals surface area contributed by atoms with E-state index in [1.165, 1.54) is 21.3 Å². The molecule has 0 aromatic heterocycles. The second kappa shape index (κ2) is 7.10. The molecule has 0 bridgehead atoms. The average Bonchev–Trinajstić information content (AvgIpc) is 3.12. The predicted octanol–water partition coefficient (Wildman–Crippen LogP) is 0.426. The first-order valence-corrected chi connectivity index (χ1v) is 6.55. The van der Waals surface area contributed by atoms with Crippen LogP contribution in [0.5, 0.6) is 0 Å². The summed E-state index contributed by atoms with van der Waals surface area (Å²) in [5, 5.41) is 9.59. The van der Waals surface area contributed by atoms with Gasteiger partial charge in [0, 0.05) is 27.4 Å². The third-order valence-corrected chi connectivity index (χ3v) is 4.96. The van der Waals surface area contributed by atoms with Gasteiger partial charge in [0.2, 0.25) is 0 Å². The van der Waals surface area contributed by atoms with Gasteiger partial charge in [0.1, 0.15) is 6.10 Å². The minimum atomic E-state index is -2.63. The minimum absolute atomic E-state index is 0.0627. The van der Waals surface area contributed by atoms with Crippen molar-refractivity contribution in [3.63, 3.8) is 0 Å². The second-order valence-electron chi connectivity index (χ2n) is 2.94. The molecule has 1 heterocycles. The molecule has 0 spiro atoms. The monoisotopic (exact) mass is 236 g/mol. The van der Waals surface area contributed by atoms with Crippen molar-refractivity contribution in [1.29, 1.82) is 0 Å². The van der Waals surface area contributed by atoms with Crippen LogP contribution in [-0.2, 0) is 18.0 Å². The first-order chi connectivity index (χ1) is 7.17. The summed E-state index contributed by atoms with van der Waals surface area (Å²) in [6, 6.07) is 0.376. The summed E-state index contributed by atoms with van der Waals surface area (Å²) in [6.45, 7) is 6.61. The van der Waals surface area contributed by atoms with E-state index in [2.05, 4.69) is 13.2 Å². The Balaban J connectivity index is 0.000000921. The van der Waals surface area contributed by atoms with Crippen molar-refractivity contribution in [3.8, 4) is 0 Å². The van der Waals surface area contributed by atoms with Gasteiger partial charge < -0.3 is 23.1 Å². The van der Waals surface area contributed by atoms with Crippen molar-refractivity contribution < 1.29 is 23.1 Å². The molecule has 1 fully saturated rings. The van der Waals surface area contributed by atoms with Crippen LogP contribution in [0.25, 0.3) is 0 Å². The number of aliphatic hydroxyl groups is 1. The van der Waals surface area contributed by atoms with Gasteiger partial charge in [-0.1, -0.05) is 0 Å². The van der Waals surface area contributed by atoms with Crippen molar-refractivity contribution in [2.24, 2.45) is 0 Å². The first-order valence-electron chi connectivity index (χ1n) is 4.62. The summed E-state index contributed by atoms with van der Waals surface area (Å²) >= 11 is 0. The maximum absolute atomic E-state index is 9.59. The van der Waals surface area contributed by atoms with Crippen LogP contribution in [0.1, 0.15) is 0 Å². The Morgan fingerprint density at radius 1 is 1.33 bits per heavy atom. The molecule has 0 radical (unpaired) electrons. The van der Waals surface area contributed by atoms with E-state index in [1.807, 2.05) is 0 Å². The van der Waals surface area contributed by atoms with E-state index in [1.54, 1.807) is 0 Å². The highest BCUT2D eigenvalue weighted by molar-refractivity contribution is 6.60. The van der Waals surface area contributed by atoms with Crippen molar-refractivity contribution in [2.45, 2.75) is 18.3 Å². The molecule has 6 heteroatoms. The van der Waals surface area contributed by atoms with Crippen LogP contribution in [0.15, 0.2) is 13.2 Å². The summed E-state index contributed by atoms with van der Waals surface area (Å²) in [6.07, 6.45) is -0.612. The van der Waals surface area contributed by atoms with E-state index in [9.17, 15) is 5.11 Å². The zero-order chi connectivity index (χ0) is 11.9. The van der Waals surface area contributed by atoms with Crippen molar-refractivity contribution in [3.05, 3.63) is 13.2 Å². The lowest BCUT2D eigenvalue weighted by Gasteiger charge is -2.25. The van der Waals surface area contributed by atoms with Gasteiger partial charge in [-0.15, -0.1) is 13.2 Å². The summed E-state index contributed by atoms with van der Waals surface area (Å²) in [4.78, 5) is 0. The molecule has 2 atom stereocenters. The fraction of sp³-hybridized carbons (Fsp3) is 0.778. The molecule has 15 heavy (non-hydrogen) atoms. The Bertz CT molecular complexity index is 162. The lowest BCUT2D eigenvalue weighted by Crippen LogP contribution is -2.46. The Morgan fingerprint density at radius 2 is 1.73 bits per heavy atom. The number of rotatable bonds is 6. The number of epoxide rings is 1. The van der Waals surface area contributed by atoms with Gasteiger partial charge in [-0.2, -0.15) is 0 Å². The van der Waals surface area contributed by atoms with E-state index in [-0.39, 0.29) is 6.10 Å². The molecule has 1 rings (SSSR count). The highest BCUT2D eigenvalue weighted by atomic mass is 28.4. The minimum Gasteiger partial charge on any atom is -0.390 e. The summed E-state index contributed by atoms with van der Waals surface area (Å²) in [5.41, 5.74) is 0. The fourth-order valence-electron chi connectivity index (χ4n) is 1.17. The molecule has 1 saturated heterocycles. The quantitative estimate of drug-likeness (QED) is 0.411. The van der Waals surface area contributed by atoms with Gasteiger partial charge in [0.25, 0.3) is 0 Å². The van der Waals surface area contributed by atoms with Crippen molar-refractivity contribution >= 4 is 8.80 Å². The molecule has 0 aliphatic carbocycles. The molecule has 1 aliphatic heterocycles. The van der Waals surface area contributed by atoms with Crippen LogP contribution < -0.4 is 0 Å². The molecule has 1 aliphatic rings. The summed E-state index contributed by atoms with van der Waals surface area (Å²) < 4.78 is 20.4. The molecular formula is C9H20O5Si. The van der Waals surface area contributed by atoms with Crippen LogP contribution >= 0.6 is 0 Å². The van der Waals surface area contributed by atoms with Gasteiger partial charge in [-0.3, -0.25) is 0 Å². The number of aliphatic hydroxyl groups excluding tert-OH is 1. The summed E-state index contributed by atoms with van der Waals surface area (Å²) in [5.74, 6) is 0. The Hall–Kier alpha value is -0.243. The third kappa shape index (κ3) is 4.41. The predicted molar refractivity (Wildman–Crippen MR) is 58.6 cm³/mol. The molecule has 1 N–H and O–H groups in total. The number of hydrogen-bond donors (Lipinski definition) is 1. The molecule has 2 unspecified atom stereocenters. The highest BCUT2D eigenvalue weighted by Gasteiger charge is 2.45. The number of ether oxygens (including phenoxy) is 1. The van der Waals surface area contributed by atoms with Gasteiger partial charge >= 0.3 is 8.80 Å². The van der Waals surface area contributed by atoms with Crippen LogP contribution in [-0.4, -0.2) is 54.1 Å². The van der Waals surface area contributed by atoms with Crippen molar-refractivity contribution in [1.82, 2.24) is 0 Å². The SMILES string of the molecule is C=C.CO[Si](CC(O)C1CO1)(OC)OC. The number of hydrogen-bond acceptors (Lipinski definition) is 5. The van der Waals surface area contributed by atoms with E-state index in [0.717, 1.165) is 0 Å². The second-order valence-corrected chi connectivity index (χ2v) is 5.94. The standard InChI is InChI=1S/C7H16O5Si.C2H4/c1-9-13(10-2,11-3)5-6(8)7-4-12-7;1-2/h6-8H,4-5H2,1-3H3;1-2H2.